The van der Waals surface area contributed by atoms with Crippen LogP contribution in [0, 0.1) is 0 Å². The number of nitrogens with two attached hydrogens (primary N) is 1. The lowest BCUT2D eigenvalue weighted by Crippen LogP contribution is -2.29. The van der Waals surface area contributed by atoms with Crippen molar-refractivity contribution in [1.82, 2.24) is 5.32 Å². The summed E-state index contributed by atoms with van der Waals surface area (Å²) in [6, 6.07) is 7.89. The second-order valence-corrected chi connectivity index (χ2v) is 6.15. The van der Waals surface area contributed by atoms with Gasteiger partial charge in [-0.3, -0.25) is 0 Å². The molecule has 4 nitrogen and oxygen atoms in total. The summed E-state index contributed by atoms with van der Waals surface area (Å²) in [5, 5.41) is 8.02. The molecule has 1 aromatic carbocycles. The van der Waals surface area contributed by atoms with Gasteiger partial charge in [-0.2, -0.15) is 0 Å². The molecule has 0 fully saturated rings. The van der Waals surface area contributed by atoms with E-state index in [1.165, 1.54) is 0 Å². The number of rotatable bonds is 5. The lowest BCUT2D eigenvalue weighted by atomic mass is 10.1. The zero-order valence-corrected chi connectivity index (χ0v) is 11.4. The molecule has 16 heavy (non-hydrogen) atoms. The van der Waals surface area contributed by atoms with Gasteiger partial charge in [0.2, 0.25) is 10.0 Å². The highest BCUT2D eigenvalue weighted by Gasteiger charge is 2.09. The molecule has 0 aliphatic rings. The highest BCUT2D eigenvalue weighted by molar-refractivity contribution is 9.10. The van der Waals surface area contributed by atoms with Crippen molar-refractivity contribution in [3.8, 4) is 0 Å². The summed E-state index contributed by atoms with van der Waals surface area (Å²) in [5.74, 6) is -0.0538. The first-order chi connectivity index (χ1) is 7.40. The minimum absolute atomic E-state index is 0.0538. The van der Waals surface area contributed by atoms with Gasteiger partial charge >= 0.3 is 0 Å². The lowest BCUT2D eigenvalue weighted by molar-refractivity contribution is 0.572. The van der Waals surface area contributed by atoms with E-state index in [1.807, 2.05) is 31.2 Å². The smallest absolute Gasteiger partial charge is 0.210 e. The first kappa shape index (κ1) is 13.6. The number of sulfonamides is 1. The van der Waals surface area contributed by atoms with Crippen LogP contribution in [0.15, 0.2) is 28.7 Å². The molecule has 0 heterocycles. The lowest BCUT2D eigenvalue weighted by Gasteiger charge is -2.15. The molecule has 0 aromatic heterocycles. The van der Waals surface area contributed by atoms with Gasteiger partial charge in [-0.25, -0.2) is 13.6 Å². The van der Waals surface area contributed by atoms with E-state index in [-0.39, 0.29) is 11.8 Å². The van der Waals surface area contributed by atoms with Gasteiger partial charge in [0.25, 0.3) is 0 Å². The van der Waals surface area contributed by atoms with Gasteiger partial charge in [0.1, 0.15) is 0 Å². The molecule has 0 unspecified atom stereocenters. The van der Waals surface area contributed by atoms with Crippen molar-refractivity contribution in [2.75, 3.05) is 12.3 Å². The summed E-state index contributed by atoms with van der Waals surface area (Å²) in [5.41, 5.74) is 1.09. The molecule has 0 saturated heterocycles. The Morgan fingerprint density at radius 1 is 1.44 bits per heavy atom. The van der Waals surface area contributed by atoms with Gasteiger partial charge in [0, 0.05) is 17.1 Å². The zero-order chi connectivity index (χ0) is 12.2. The van der Waals surface area contributed by atoms with E-state index in [1.54, 1.807) is 0 Å². The summed E-state index contributed by atoms with van der Waals surface area (Å²) in [7, 11) is -3.39. The molecule has 0 amide bonds. The van der Waals surface area contributed by atoms with Crippen LogP contribution in [0.4, 0.5) is 0 Å². The van der Waals surface area contributed by atoms with E-state index in [9.17, 15) is 8.42 Å². The van der Waals surface area contributed by atoms with E-state index >= 15 is 0 Å². The number of halogens is 1. The van der Waals surface area contributed by atoms with Gasteiger partial charge in [-0.1, -0.05) is 34.1 Å². The van der Waals surface area contributed by atoms with E-state index in [2.05, 4.69) is 21.2 Å². The maximum absolute atomic E-state index is 10.7. The molecule has 1 aromatic rings. The summed E-state index contributed by atoms with van der Waals surface area (Å²) in [4.78, 5) is 0. The molecule has 0 aliphatic heterocycles. The fourth-order valence-electron chi connectivity index (χ4n) is 1.35. The minimum atomic E-state index is -3.39. The monoisotopic (exact) mass is 306 g/mol. The van der Waals surface area contributed by atoms with Crippen LogP contribution in [0.3, 0.4) is 0 Å². The number of primary sulfonamides is 1. The van der Waals surface area contributed by atoms with E-state index in [0.717, 1.165) is 10.0 Å². The fraction of sp³-hybridized carbons (Fsp3) is 0.400. The third-order valence-corrected chi connectivity index (χ3v) is 3.70. The average Bonchev–Trinajstić information content (AvgIpc) is 2.16. The van der Waals surface area contributed by atoms with Crippen LogP contribution in [0.25, 0.3) is 0 Å². The van der Waals surface area contributed by atoms with Crippen LogP contribution >= 0.6 is 15.9 Å². The SMILES string of the molecule is C[C@@H](NCCS(N)(=O)=O)c1ccccc1Br. The van der Waals surface area contributed by atoms with Crippen molar-refractivity contribution in [3.05, 3.63) is 34.3 Å². The Morgan fingerprint density at radius 2 is 2.06 bits per heavy atom. The van der Waals surface area contributed by atoms with Gasteiger partial charge in [0.15, 0.2) is 0 Å². The Bertz CT molecular complexity index is 448. The van der Waals surface area contributed by atoms with E-state index in [0.29, 0.717) is 6.54 Å². The largest absolute Gasteiger partial charge is 0.309 e. The van der Waals surface area contributed by atoms with Crippen molar-refractivity contribution in [2.45, 2.75) is 13.0 Å². The van der Waals surface area contributed by atoms with Crippen molar-refractivity contribution < 1.29 is 8.42 Å². The molecule has 90 valence electrons. The second-order valence-electron chi connectivity index (χ2n) is 3.56. The molecule has 0 radical (unpaired) electrons. The van der Waals surface area contributed by atoms with Crippen LogP contribution in [0.5, 0.6) is 0 Å². The molecule has 0 saturated carbocycles. The zero-order valence-electron chi connectivity index (χ0n) is 8.98. The number of nitrogens with one attached hydrogen (secondary N) is 1. The fourth-order valence-corrected chi connectivity index (χ4v) is 2.38. The van der Waals surface area contributed by atoms with Crippen LogP contribution in [-0.4, -0.2) is 20.7 Å². The minimum Gasteiger partial charge on any atom is -0.309 e. The van der Waals surface area contributed by atoms with Gasteiger partial charge in [-0.05, 0) is 18.6 Å². The molecule has 0 spiro atoms. The van der Waals surface area contributed by atoms with Crippen molar-refractivity contribution in [3.63, 3.8) is 0 Å². The summed E-state index contributed by atoms with van der Waals surface area (Å²) in [6.07, 6.45) is 0. The van der Waals surface area contributed by atoms with Gasteiger partial charge in [-0.15, -0.1) is 0 Å². The van der Waals surface area contributed by atoms with Crippen molar-refractivity contribution in [2.24, 2.45) is 5.14 Å². The quantitative estimate of drug-likeness (QED) is 0.863. The molecule has 6 heteroatoms. The predicted molar refractivity (Wildman–Crippen MR) is 68.5 cm³/mol. The highest BCUT2D eigenvalue weighted by atomic mass is 79.9. The van der Waals surface area contributed by atoms with Crippen LogP contribution < -0.4 is 10.5 Å². The predicted octanol–water partition coefficient (Wildman–Crippen LogP) is 1.39. The molecule has 1 rings (SSSR count). The molecule has 0 aliphatic carbocycles. The van der Waals surface area contributed by atoms with Gasteiger partial charge in [0.05, 0.1) is 5.75 Å². The Labute approximate surface area is 104 Å². The normalized spacial score (nSPS) is 13.7. The number of hydrogen-bond donors (Lipinski definition) is 2. The van der Waals surface area contributed by atoms with Crippen LogP contribution in [0.1, 0.15) is 18.5 Å². The van der Waals surface area contributed by atoms with Crippen LogP contribution in [-0.2, 0) is 10.0 Å². The first-order valence-electron chi connectivity index (χ1n) is 4.88. The number of benzene rings is 1. The maximum atomic E-state index is 10.7. The third kappa shape index (κ3) is 4.61. The summed E-state index contributed by atoms with van der Waals surface area (Å²) < 4.78 is 22.5. The van der Waals surface area contributed by atoms with E-state index in [4.69, 9.17) is 5.14 Å². The van der Waals surface area contributed by atoms with Crippen molar-refractivity contribution in [1.29, 1.82) is 0 Å². The highest BCUT2D eigenvalue weighted by Crippen LogP contribution is 2.22. The molecular formula is C10H15BrN2O2S. The molecule has 0 bridgehead atoms. The van der Waals surface area contributed by atoms with Crippen molar-refractivity contribution >= 4 is 26.0 Å². The average molecular weight is 307 g/mol. The Hall–Kier alpha value is -0.430. The molecule has 1 atom stereocenters. The molecular weight excluding hydrogens is 292 g/mol. The molecule has 3 N–H and O–H groups in total. The number of hydrogen-bond acceptors (Lipinski definition) is 3. The standard InChI is InChI=1S/C10H15BrN2O2S/c1-8(13-6-7-16(12,14)15)9-4-2-3-5-10(9)11/h2-5,8,13H,6-7H2,1H3,(H2,12,14,15)/t8-/m1/s1. The topological polar surface area (TPSA) is 72.2 Å². The first-order valence-corrected chi connectivity index (χ1v) is 7.39. The Kier molecular flexibility index (Phi) is 4.91. The summed E-state index contributed by atoms with van der Waals surface area (Å²) >= 11 is 3.45. The maximum Gasteiger partial charge on any atom is 0.210 e. The Balaban J connectivity index is 2.54. The second kappa shape index (κ2) is 5.77. The summed E-state index contributed by atoms with van der Waals surface area (Å²) in [6.45, 7) is 2.32. The Morgan fingerprint density at radius 3 is 2.62 bits per heavy atom. The van der Waals surface area contributed by atoms with Crippen LogP contribution in [0.2, 0.25) is 0 Å². The van der Waals surface area contributed by atoms with Gasteiger partial charge < -0.3 is 5.32 Å². The van der Waals surface area contributed by atoms with E-state index < -0.39 is 10.0 Å². The third-order valence-electron chi connectivity index (χ3n) is 2.21.